The van der Waals surface area contributed by atoms with Gasteiger partial charge in [0.05, 0.1) is 16.4 Å². The van der Waals surface area contributed by atoms with Crippen LogP contribution in [0.4, 0.5) is 18.0 Å². The van der Waals surface area contributed by atoms with E-state index in [1.54, 1.807) is 6.08 Å². The number of carbonyl (C=O) groups is 1. The van der Waals surface area contributed by atoms with E-state index in [2.05, 4.69) is 20.7 Å². The fourth-order valence-corrected chi connectivity index (χ4v) is 6.01. The minimum Gasteiger partial charge on any atom is -0.489 e. The van der Waals surface area contributed by atoms with Gasteiger partial charge in [-0.15, -0.1) is 24.5 Å². The number of nitrogens with zero attached hydrogens (tertiary/aromatic N) is 1. The maximum absolute atomic E-state index is 13.1. The Morgan fingerprint density at radius 2 is 2.00 bits per heavy atom. The number of nitrogens with one attached hydrogen (secondary N) is 2. The molecular weight excluding hydrogens is 547 g/mol. The zero-order valence-corrected chi connectivity index (χ0v) is 23.0. The number of ether oxygens (including phenoxy) is 3. The summed E-state index contributed by atoms with van der Waals surface area (Å²) in [6, 6.07) is 7.70. The SMILES string of the molecule is Cc1cc(OCc2c(C3CC=CC=C3OC(F)(F)F)noc2C(C)C)ccc1-c1sc(C2NNC(=O)O2)cc1C. The summed E-state index contributed by atoms with van der Waals surface area (Å²) >= 11 is 1.53. The molecule has 0 spiro atoms. The van der Waals surface area contributed by atoms with Crippen LogP contribution in [0, 0.1) is 13.8 Å². The summed E-state index contributed by atoms with van der Waals surface area (Å²) in [5.74, 6) is 0.120. The number of hydrazine groups is 1. The highest BCUT2D eigenvalue weighted by atomic mass is 32.1. The highest BCUT2D eigenvalue weighted by Crippen LogP contribution is 2.41. The molecule has 1 saturated heterocycles. The second-order valence-electron chi connectivity index (χ2n) is 9.88. The number of hydrogen-bond acceptors (Lipinski definition) is 8. The predicted octanol–water partition coefficient (Wildman–Crippen LogP) is 7.43. The van der Waals surface area contributed by atoms with Gasteiger partial charge in [-0.1, -0.05) is 31.2 Å². The van der Waals surface area contributed by atoms with Gasteiger partial charge in [-0.2, -0.15) is 5.43 Å². The number of halogens is 3. The van der Waals surface area contributed by atoms with Crippen molar-refractivity contribution in [3.63, 3.8) is 0 Å². The number of amides is 1. The van der Waals surface area contributed by atoms with Crippen molar-refractivity contribution in [3.8, 4) is 16.2 Å². The van der Waals surface area contributed by atoms with Gasteiger partial charge in [0.25, 0.3) is 0 Å². The van der Waals surface area contributed by atoms with Crippen LogP contribution in [0.2, 0.25) is 0 Å². The number of benzene rings is 1. The monoisotopic (exact) mass is 575 g/mol. The molecule has 40 heavy (non-hydrogen) atoms. The van der Waals surface area contributed by atoms with Crippen molar-refractivity contribution in [2.24, 2.45) is 0 Å². The highest BCUT2D eigenvalue weighted by Gasteiger charge is 2.37. The number of cyclic esters (lactones) is 1. The standard InChI is InChI=1S/C28H28F3N3O5S/c1-14(2)24-20(23(34-39-24)19-7-5-6-8-21(19)38-28(29,30)31)13-36-17-9-10-18(15(3)11-17)25-16(4)12-22(40-25)26-32-33-27(35)37-26/h5-6,8-12,14,19,26,32H,7,13H2,1-4H3,(H,33,35). The predicted molar refractivity (Wildman–Crippen MR) is 141 cm³/mol. The van der Waals surface area contributed by atoms with E-state index >= 15 is 0 Å². The van der Waals surface area contributed by atoms with Crippen molar-refractivity contribution in [1.82, 2.24) is 16.0 Å². The summed E-state index contributed by atoms with van der Waals surface area (Å²) in [6.07, 6.45) is -0.977. The molecule has 0 saturated carbocycles. The van der Waals surface area contributed by atoms with E-state index in [0.29, 0.717) is 29.2 Å². The van der Waals surface area contributed by atoms with E-state index in [-0.39, 0.29) is 18.3 Å². The third kappa shape index (κ3) is 5.87. The Balaban J connectivity index is 1.36. The van der Waals surface area contributed by atoms with Gasteiger partial charge >= 0.3 is 12.5 Å². The molecular formula is C28H28F3N3O5S. The molecule has 1 amide bonds. The Labute approximate surface area is 232 Å². The first-order valence-corrected chi connectivity index (χ1v) is 13.5. The summed E-state index contributed by atoms with van der Waals surface area (Å²) in [6.45, 7) is 7.88. The maximum atomic E-state index is 13.1. The first kappa shape index (κ1) is 27.8. The fourth-order valence-electron chi connectivity index (χ4n) is 4.76. The molecule has 1 aromatic carbocycles. The Morgan fingerprint density at radius 1 is 1.20 bits per heavy atom. The lowest BCUT2D eigenvalue weighted by atomic mass is 9.91. The molecule has 0 radical (unpaired) electrons. The molecule has 2 atom stereocenters. The van der Waals surface area contributed by atoms with Crippen molar-refractivity contribution < 1.29 is 36.7 Å². The number of carbonyl (C=O) groups excluding carboxylic acids is 1. The lowest BCUT2D eigenvalue weighted by Gasteiger charge is -2.22. The van der Waals surface area contributed by atoms with Crippen LogP contribution in [0.5, 0.6) is 5.75 Å². The van der Waals surface area contributed by atoms with Crippen LogP contribution in [0.1, 0.15) is 71.4 Å². The van der Waals surface area contributed by atoms with Crippen LogP contribution in [-0.2, 0) is 16.1 Å². The molecule has 2 aliphatic rings. The van der Waals surface area contributed by atoms with Gasteiger partial charge in [-0.3, -0.25) is 5.43 Å². The van der Waals surface area contributed by atoms with Gasteiger partial charge in [-0.25, -0.2) is 4.79 Å². The zero-order valence-electron chi connectivity index (χ0n) is 22.2. The summed E-state index contributed by atoms with van der Waals surface area (Å²) in [4.78, 5) is 13.3. The van der Waals surface area contributed by atoms with E-state index in [0.717, 1.165) is 26.4 Å². The lowest BCUT2D eigenvalue weighted by Crippen LogP contribution is -2.26. The number of thiophene rings is 1. The van der Waals surface area contributed by atoms with E-state index in [1.807, 2.05) is 52.0 Å². The molecule has 1 aliphatic carbocycles. The van der Waals surface area contributed by atoms with Crippen molar-refractivity contribution in [2.45, 2.75) is 65.1 Å². The molecule has 2 aromatic heterocycles. The van der Waals surface area contributed by atoms with Crippen LogP contribution >= 0.6 is 11.3 Å². The normalized spacial score (nSPS) is 19.0. The fraction of sp³-hybridized carbons (Fsp3) is 0.357. The number of rotatable bonds is 8. The van der Waals surface area contributed by atoms with Gasteiger partial charge in [0.2, 0.25) is 6.23 Å². The van der Waals surface area contributed by atoms with Gasteiger partial charge in [0, 0.05) is 10.8 Å². The van der Waals surface area contributed by atoms with Crippen LogP contribution in [0.3, 0.4) is 0 Å². The maximum Gasteiger partial charge on any atom is 0.572 e. The number of hydrogen-bond donors (Lipinski definition) is 2. The number of aryl methyl sites for hydroxylation is 2. The molecule has 1 fully saturated rings. The van der Waals surface area contributed by atoms with Gasteiger partial charge in [-0.05, 0) is 67.3 Å². The molecule has 8 nitrogen and oxygen atoms in total. The van der Waals surface area contributed by atoms with Crippen molar-refractivity contribution in [3.05, 3.63) is 81.3 Å². The average Bonchev–Trinajstić information content (AvgIpc) is 3.60. The smallest absolute Gasteiger partial charge is 0.489 e. The number of aromatic nitrogens is 1. The van der Waals surface area contributed by atoms with Crippen molar-refractivity contribution in [2.75, 3.05) is 0 Å². The average molecular weight is 576 g/mol. The second-order valence-corrected chi connectivity index (χ2v) is 11.0. The van der Waals surface area contributed by atoms with Crippen LogP contribution in [0.25, 0.3) is 10.4 Å². The van der Waals surface area contributed by atoms with E-state index in [4.69, 9.17) is 14.0 Å². The Morgan fingerprint density at radius 3 is 2.67 bits per heavy atom. The summed E-state index contributed by atoms with van der Waals surface area (Å²) in [5.41, 5.74) is 9.25. The molecule has 212 valence electrons. The number of alkyl halides is 3. The molecule has 1 aliphatic heterocycles. The quantitative estimate of drug-likeness (QED) is 0.288. The number of allylic oxidation sites excluding steroid dienone is 4. The lowest BCUT2D eigenvalue weighted by molar-refractivity contribution is -0.307. The Bertz CT molecular complexity index is 1470. The molecule has 12 heteroatoms. The van der Waals surface area contributed by atoms with E-state index < -0.39 is 24.6 Å². The largest absolute Gasteiger partial charge is 0.572 e. The van der Waals surface area contributed by atoms with E-state index in [1.165, 1.54) is 23.5 Å². The summed E-state index contributed by atoms with van der Waals surface area (Å²) in [5, 5.41) is 4.16. The molecule has 5 rings (SSSR count). The van der Waals surface area contributed by atoms with Gasteiger partial charge < -0.3 is 18.7 Å². The van der Waals surface area contributed by atoms with Crippen LogP contribution in [0.15, 0.2) is 52.8 Å². The second kappa shape index (κ2) is 11.0. The molecule has 0 bridgehead atoms. The zero-order chi connectivity index (χ0) is 28.6. The molecule has 2 unspecified atom stereocenters. The minimum absolute atomic E-state index is 0.0566. The molecule has 2 N–H and O–H groups in total. The molecule has 3 aromatic rings. The minimum atomic E-state index is -4.81. The Hall–Kier alpha value is -3.77. The van der Waals surface area contributed by atoms with Crippen molar-refractivity contribution >= 4 is 17.4 Å². The third-order valence-electron chi connectivity index (χ3n) is 6.60. The summed E-state index contributed by atoms with van der Waals surface area (Å²) < 4.78 is 60.5. The highest BCUT2D eigenvalue weighted by molar-refractivity contribution is 7.15. The first-order chi connectivity index (χ1) is 19.0. The van der Waals surface area contributed by atoms with Gasteiger partial charge in [0.1, 0.15) is 29.6 Å². The first-order valence-electron chi connectivity index (χ1n) is 12.7. The summed E-state index contributed by atoms with van der Waals surface area (Å²) in [7, 11) is 0. The Kier molecular flexibility index (Phi) is 7.65. The molecule has 3 heterocycles. The topological polar surface area (TPSA) is 94.9 Å². The third-order valence-corrected chi connectivity index (χ3v) is 7.91. The van der Waals surface area contributed by atoms with Crippen LogP contribution in [-0.4, -0.2) is 17.6 Å². The van der Waals surface area contributed by atoms with E-state index in [9.17, 15) is 18.0 Å². The van der Waals surface area contributed by atoms with Gasteiger partial charge in [0.15, 0.2) is 0 Å². The van der Waals surface area contributed by atoms with Crippen LogP contribution < -0.4 is 15.6 Å². The van der Waals surface area contributed by atoms with Crippen molar-refractivity contribution in [1.29, 1.82) is 0 Å².